The summed E-state index contributed by atoms with van der Waals surface area (Å²) in [4.78, 5) is 4.30. The smallest absolute Gasteiger partial charge is 0.437 e. The minimum absolute atomic E-state index is 0.0432. The van der Waals surface area contributed by atoms with E-state index >= 15 is 0 Å². The molecule has 9 heteroatoms. The molecular weight excluding hydrogens is 459 g/mol. The fraction of sp³-hybridized carbons (Fsp3) is 0.375. The van der Waals surface area contributed by atoms with E-state index in [4.69, 9.17) is 25.8 Å². The molecule has 0 bridgehead atoms. The van der Waals surface area contributed by atoms with Crippen LogP contribution in [0.2, 0.25) is 5.02 Å². The molecule has 0 unspecified atom stereocenters. The maximum atomic E-state index is 13.1. The fourth-order valence-electron chi connectivity index (χ4n) is 3.00. The van der Waals surface area contributed by atoms with Gasteiger partial charge in [-0.25, -0.2) is 0 Å². The van der Waals surface area contributed by atoms with Crippen LogP contribution in [0.3, 0.4) is 0 Å². The van der Waals surface area contributed by atoms with Gasteiger partial charge in [0, 0.05) is 12.0 Å². The summed E-state index contributed by atoms with van der Waals surface area (Å²) in [5.41, 5.74) is 0.538. The van der Waals surface area contributed by atoms with Crippen molar-refractivity contribution >= 4 is 17.3 Å². The van der Waals surface area contributed by atoms with Gasteiger partial charge in [0.1, 0.15) is 31.0 Å². The summed E-state index contributed by atoms with van der Waals surface area (Å²) >= 11 is 6.10. The molecule has 2 aromatic rings. The van der Waals surface area contributed by atoms with Crippen molar-refractivity contribution in [3.8, 4) is 17.2 Å². The van der Waals surface area contributed by atoms with Gasteiger partial charge in [-0.2, -0.15) is 13.2 Å². The van der Waals surface area contributed by atoms with Crippen LogP contribution in [-0.2, 0) is 4.84 Å². The number of ether oxygens (including phenoxy) is 3. The molecule has 33 heavy (non-hydrogen) atoms. The molecule has 0 fully saturated rings. The second-order valence-corrected chi connectivity index (χ2v) is 7.49. The van der Waals surface area contributed by atoms with E-state index in [2.05, 4.69) is 9.99 Å². The molecular formula is C24H27ClF3NO4. The van der Waals surface area contributed by atoms with E-state index in [0.29, 0.717) is 19.6 Å². The van der Waals surface area contributed by atoms with Crippen LogP contribution in [0.15, 0.2) is 47.6 Å². The summed E-state index contributed by atoms with van der Waals surface area (Å²) in [6.07, 6.45) is -0.269. The Morgan fingerprint density at radius 3 is 2.27 bits per heavy atom. The van der Waals surface area contributed by atoms with Crippen molar-refractivity contribution in [3.05, 3.63) is 64.2 Å². The number of benzene rings is 2. The lowest BCUT2D eigenvalue weighted by molar-refractivity contribution is -0.0608. The summed E-state index contributed by atoms with van der Waals surface area (Å²) < 4.78 is 56.4. The van der Waals surface area contributed by atoms with Gasteiger partial charge in [-0.15, -0.1) is 0 Å². The maximum Gasteiger partial charge on any atom is 0.437 e. The second-order valence-electron chi connectivity index (χ2n) is 7.08. The molecule has 0 radical (unpaired) electrons. The Balaban J connectivity index is 1.90. The summed E-state index contributed by atoms with van der Waals surface area (Å²) in [7, 11) is 1.04. The van der Waals surface area contributed by atoms with Gasteiger partial charge in [-0.3, -0.25) is 0 Å². The third kappa shape index (κ3) is 7.89. The normalized spacial score (nSPS) is 12.2. The average Bonchev–Trinajstić information content (AvgIpc) is 2.73. The van der Waals surface area contributed by atoms with Crippen LogP contribution < -0.4 is 14.2 Å². The molecule has 0 aliphatic rings. The van der Waals surface area contributed by atoms with Crippen LogP contribution in [-0.4, -0.2) is 38.8 Å². The molecule has 0 heterocycles. The molecule has 0 aromatic heterocycles. The molecule has 2 rings (SSSR count). The standard InChI is InChI=1S/C24H27ClF3NO4/c1-5-6-10-31-19-13-16(2)22(17(3)14-19)33-12-7-11-32-21-9-8-18(15-20(21)25)23(29-30-4)24(26,27)28/h5-6,8-9,13-15H,7,10-12H2,1-4H3/b6-5+,29-23?. The van der Waals surface area contributed by atoms with Crippen LogP contribution in [0.25, 0.3) is 0 Å². The van der Waals surface area contributed by atoms with E-state index in [1.54, 1.807) is 0 Å². The van der Waals surface area contributed by atoms with Crippen LogP contribution in [0.1, 0.15) is 30.0 Å². The van der Waals surface area contributed by atoms with Gasteiger partial charge < -0.3 is 19.0 Å². The quantitative estimate of drug-likeness (QED) is 0.154. The van der Waals surface area contributed by atoms with Crippen molar-refractivity contribution in [3.63, 3.8) is 0 Å². The molecule has 2 aromatic carbocycles. The predicted octanol–water partition coefficient (Wildman–Crippen LogP) is 6.67. The highest BCUT2D eigenvalue weighted by Crippen LogP contribution is 2.31. The van der Waals surface area contributed by atoms with E-state index < -0.39 is 11.9 Å². The monoisotopic (exact) mass is 485 g/mol. The molecule has 0 spiro atoms. The first-order chi connectivity index (χ1) is 15.7. The van der Waals surface area contributed by atoms with Crippen LogP contribution in [0, 0.1) is 13.8 Å². The number of oxime groups is 1. The van der Waals surface area contributed by atoms with E-state index in [9.17, 15) is 13.2 Å². The van der Waals surface area contributed by atoms with Crippen molar-refractivity contribution in [2.45, 2.75) is 33.4 Å². The van der Waals surface area contributed by atoms with Crippen molar-refractivity contribution in [1.82, 2.24) is 0 Å². The summed E-state index contributed by atoms with van der Waals surface area (Å²) in [6.45, 7) is 7.02. The number of halogens is 4. The molecule has 180 valence electrons. The van der Waals surface area contributed by atoms with E-state index in [-0.39, 0.29) is 22.9 Å². The molecule has 0 amide bonds. The number of rotatable bonds is 11. The Hall–Kier alpha value is -2.87. The van der Waals surface area contributed by atoms with Crippen LogP contribution in [0.4, 0.5) is 13.2 Å². The van der Waals surface area contributed by atoms with Crippen LogP contribution >= 0.6 is 11.6 Å². The van der Waals surface area contributed by atoms with Gasteiger partial charge in [0.05, 0.1) is 18.2 Å². The van der Waals surface area contributed by atoms with Gasteiger partial charge >= 0.3 is 6.18 Å². The molecule has 0 aliphatic carbocycles. The number of hydrogen-bond acceptors (Lipinski definition) is 5. The summed E-state index contributed by atoms with van der Waals surface area (Å²) in [6, 6.07) is 7.59. The van der Waals surface area contributed by atoms with Crippen molar-refractivity contribution in [2.24, 2.45) is 5.16 Å². The number of nitrogens with zero attached hydrogens (tertiary/aromatic N) is 1. The minimum atomic E-state index is -4.67. The first kappa shape index (κ1) is 26.4. The second kappa shape index (κ2) is 12.4. The Labute approximate surface area is 196 Å². The molecule has 0 saturated carbocycles. The average molecular weight is 486 g/mol. The Kier molecular flexibility index (Phi) is 9.91. The van der Waals surface area contributed by atoms with Gasteiger partial charge in [-0.1, -0.05) is 28.9 Å². The lowest BCUT2D eigenvalue weighted by Crippen LogP contribution is -2.24. The number of aryl methyl sites for hydroxylation is 2. The Morgan fingerprint density at radius 2 is 1.70 bits per heavy atom. The van der Waals surface area contributed by atoms with Gasteiger partial charge in [0.15, 0.2) is 5.71 Å². The highest BCUT2D eigenvalue weighted by Gasteiger charge is 2.38. The largest absolute Gasteiger partial charge is 0.493 e. The van der Waals surface area contributed by atoms with Crippen LogP contribution in [0.5, 0.6) is 17.2 Å². The number of hydrogen-bond donors (Lipinski definition) is 0. The van der Waals surface area contributed by atoms with E-state index in [1.807, 2.05) is 45.1 Å². The molecule has 0 atom stereocenters. The third-order valence-corrected chi connectivity index (χ3v) is 4.76. The summed E-state index contributed by atoms with van der Waals surface area (Å²) in [5, 5.41) is 3.10. The minimum Gasteiger partial charge on any atom is -0.493 e. The van der Waals surface area contributed by atoms with Crippen molar-refractivity contribution < 1.29 is 32.2 Å². The third-order valence-electron chi connectivity index (χ3n) is 4.46. The number of allylic oxidation sites excluding steroid dienone is 1. The highest BCUT2D eigenvalue weighted by molar-refractivity contribution is 6.32. The zero-order valence-corrected chi connectivity index (χ0v) is 19.7. The first-order valence-corrected chi connectivity index (χ1v) is 10.6. The molecule has 0 N–H and O–H groups in total. The molecule has 0 saturated heterocycles. The SMILES string of the molecule is C/C=C/COc1cc(C)c(OCCCOc2ccc(C(=NOC)C(F)(F)F)cc2Cl)c(C)c1. The lowest BCUT2D eigenvalue weighted by atomic mass is 10.1. The van der Waals surface area contributed by atoms with Gasteiger partial charge in [-0.05, 0) is 62.2 Å². The lowest BCUT2D eigenvalue weighted by Gasteiger charge is -2.15. The highest BCUT2D eigenvalue weighted by atomic mass is 35.5. The van der Waals surface area contributed by atoms with Crippen molar-refractivity contribution in [1.29, 1.82) is 0 Å². The van der Waals surface area contributed by atoms with E-state index in [1.165, 1.54) is 12.1 Å². The maximum absolute atomic E-state index is 13.1. The fourth-order valence-corrected chi connectivity index (χ4v) is 3.24. The topological polar surface area (TPSA) is 49.3 Å². The first-order valence-electron chi connectivity index (χ1n) is 10.3. The molecule has 5 nitrogen and oxygen atoms in total. The van der Waals surface area contributed by atoms with E-state index in [0.717, 1.165) is 35.8 Å². The molecule has 0 aliphatic heterocycles. The Morgan fingerprint density at radius 1 is 1.03 bits per heavy atom. The van der Waals surface area contributed by atoms with Gasteiger partial charge in [0.2, 0.25) is 0 Å². The van der Waals surface area contributed by atoms with Gasteiger partial charge in [0.25, 0.3) is 0 Å². The predicted molar refractivity (Wildman–Crippen MR) is 123 cm³/mol. The zero-order chi connectivity index (χ0) is 24.4. The summed E-state index contributed by atoms with van der Waals surface area (Å²) in [5.74, 6) is 1.84. The number of alkyl halides is 3. The Bertz CT molecular complexity index is 967. The zero-order valence-electron chi connectivity index (χ0n) is 19.0. The van der Waals surface area contributed by atoms with Crippen molar-refractivity contribution in [2.75, 3.05) is 26.9 Å².